The minimum atomic E-state index is -0.750. The normalized spacial score (nSPS) is 20.3. The molecule has 3 rings (SSSR count). The van der Waals surface area contributed by atoms with Crippen molar-refractivity contribution in [1.82, 2.24) is 5.32 Å². The van der Waals surface area contributed by atoms with Gasteiger partial charge < -0.3 is 5.32 Å². The fourth-order valence-electron chi connectivity index (χ4n) is 2.66. The van der Waals surface area contributed by atoms with Gasteiger partial charge in [0.1, 0.15) is 5.54 Å². The van der Waals surface area contributed by atoms with E-state index in [4.69, 9.17) is 0 Å². The number of benzene rings is 1. The Morgan fingerprint density at radius 1 is 1.30 bits per heavy atom. The summed E-state index contributed by atoms with van der Waals surface area (Å²) in [5.74, 6) is 1.26. The maximum atomic E-state index is 12.4. The van der Waals surface area contributed by atoms with E-state index in [-0.39, 0.29) is 24.5 Å². The minimum Gasteiger partial charge on any atom is -0.337 e. The van der Waals surface area contributed by atoms with E-state index in [0.29, 0.717) is 17.7 Å². The van der Waals surface area contributed by atoms with Gasteiger partial charge in [-0.15, -0.1) is 11.3 Å². The molecule has 0 radical (unpaired) electrons. The largest absolute Gasteiger partial charge is 0.337 e. The lowest BCUT2D eigenvalue weighted by atomic mass is 10.00. The molecule has 0 saturated carbocycles. The van der Waals surface area contributed by atoms with Crippen molar-refractivity contribution in [3.05, 3.63) is 35.2 Å². The van der Waals surface area contributed by atoms with Gasteiger partial charge in [0.2, 0.25) is 5.91 Å². The van der Waals surface area contributed by atoms with Gasteiger partial charge in [0.15, 0.2) is 5.78 Å². The molecule has 1 fully saturated rings. The van der Waals surface area contributed by atoms with Crippen molar-refractivity contribution in [2.75, 3.05) is 11.5 Å². The van der Waals surface area contributed by atoms with E-state index in [2.05, 4.69) is 11.4 Å². The van der Waals surface area contributed by atoms with Crippen LogP contribution in [0.2, 0.25) is 0 Å². The molecule has 118 valence electrons. The predicted octanol–water partition coefficient (Wildman–Crippen LogP) is 3.38. The first-order valence-corrected chi connectivity index (χ1v) is 9.46. The molecule has 0 aliphatic carbocycles. The second kappa shape index (κ2) is 6.73. The fourth-order valence-corrected chi connectivity index (χ4v) is 4.90. The van der Waals surface area contributed by atoms with Crippen LogP contribution in [-0.4, -0.2) is 28.7 Å². The monoisotopic (exact) mass is 344 g/mol. The van der Waals surface area contributed by atoms with Crippen molar-refractivity contribution in [3.8, 4) is 6.07 Å². The van der Waals surface area contributed by atoms with Crippen LogP contribution >= 0.6 is 23.1 Å². The third kappa shape index (κ3) is 3.41. The Kier molecular flexibility index (Phi) is 4.69. The van der Waals surface area contributed by atoms with Gasteiger partial charge in [-0.1, -0.05) is 18.2 Å². The van der Waals surface area contributed by atoms with Gasteiger partial charge in [-0.2, -0.15) is 17.0 Å². The highest BCUT2D eigenvalue weighted by atomic mass is 32.2. The minimum absolute atomic E-state index is 0.0237. The molecule has 6 heteroatoms. The summed E-state index contributed by atoms with van der Waals surface area (Å²) in [6, 6.07) is 9.98. The molecule has 0 bridgehead atoms. The van der Waals surface area contributed by atoms with Gasteiger partial charge in [-0.05, 0) is 18.2 Å². The summed E-state index contributed by atoms with van der Waals surface area (Å²) in [5.41, 5.74) is -0.0651. The molecular weight excluding hydrogens is 328 g/mol. The van der Waals surface area contributed by atoms with Crippen molar-refractivity contribution in [3.63, 3.8) is 0 Å². The van der Waals surface area contributed by atoms with Crippen LogP contribution in [0.15, 0.2) is 29.6 Å². The lowest BCUT2D eigenvalue weighted by molar-refractivity contribution is -0.122. The highest BCUT2D eigenvalue weighted by Gasteiger charge is 2.35. The van der Waals surface area contributed by atoms with Gasteiger partial charge in [-0.3, -0.25) is 9.59 Å². The standard InChI is InChI=1S/C17H16N2O2S2/c18-10-17(7-8-22-11-17)19-16(21)6-5-14(20)13-9-23-15-4-2-1-3-12(13)15/h1-4,9H,5-8,11H2,(H,19,21)/t17-/m0/s1. The zero-order valence-corrected chi connectivity index (χ0v) is 14.1. The molecule has 23 heavy (non-hydrogen) atoms. The Hall–Kier alpha value is -1.84. The average molecular weight is 344 g/mol. The van der Waals surface area contributed by atoms with E-state index >= 15 is 0 Å². The number of amides is 1. The van der Waals surface area contributed by atoms with Crippen molar-refractivity contribution in [2.24, 2.45) is 0 Å². The summed E-state index contributed by atoms with van der Waals surface area (Å²) >= 11 is 3.21. The van der Waals surface area contributed by atoms with E-state index in [1.165, 1.54) is 11.3 Å². The molecule has 2 heterocycles. The Morgan fingerprint density at radius 2 is 2.13 bits per heavy atom. The topological polar surface area (TPSA) is 70.0 Å². The maximum Gasteiger partial charge on any atom is 0.221 e. The molecule has 0 spiro atoms. The molecule has 1 atom stereocenters. The molecule has 0 unspecified atom stereocenters. The number of hydrogen-bond acceptors (Lipinski definition) is 5. The molecule has 1 N–H and O–H groups in total. The lowest BCUT2D eigenvalue weighted by Crippen LogP contribution is -2.47. The molecule has 1 aromatic heterocycles. The average Bonchev–Trinajstić information content (AvgIpc) is 3.20. The Morgan fingerprint density at radius 3 is 2.87 bits per heavy atom. The molecule has 1 saturated heterocycles. The number of Topliss-reactive ketones (excluding diaryl/α,β-unsaturated/α-hetero) is 1. The van der Waals surface area contributed by atoms with Crippen LogP contribution in [0.1, 0.15) is 29.6 Å². The highest BCUT2D eigenvalue weighted by molar-refractivity contribution is 7.99. The SMILES string of the molecule is N#C[C@@]1(NC(=O)CCC(=O)c2csc3ccccc23)CCSC1. The molecule has 1 aliphatic rings. The first-order valence-electron chi connectivity index (χ1n) is 7.43. The number of hydrogen-bond donors (Lipinski definition) is 1. The summed E-state index contributed by atoms with van der Waals surface area (Å²) < 4.78 is 1.08. The zero-order valence-electron chi connectivity index (χ0n) is 12.5. The van der Waals surface area contributed by atoms with Crippen molar-refractivity contribution in [2.45, 2.75) is 24.8 Å². The number of carbonyl (C=O) groups excluding carboxylic acids is 2. The Labute approximate surface area is 142 Å². The fraction of sp³-hybridized carbons (Fsp3) is 0.353. The second-order valence-electron chi connectivity index (χ2n) is 5.61. The van der Waals surface area contributed by atoms with Crippen molar-refractivity contribution >= 4 is 44.9 Å². The molecule has 1 aliphatic heterocycles. The van der Waals surface area contributed by atoms with Crippen molar-refractivity contribution in [1.29, 1.82) is 5.26 Å². The van der Waals surface area contributed by atoms with E-state index < -0.39 is 5.54 Å². The number of fused-ring (bicyclic) bond motifs is 1. The van der Waals surface area contributed by atoms with Gasteiger partial charge >= 0.3 is 0 Å². The number of ketones is 1. The molecule has 4 nitrogen and oxygen atoms in total. The molecule has 1 aromatic carbocycles. The quantitative estimate of drug-likeness (QED) is 0.844. The first kappa shape index (κ1) is 16.0. The molecule has 1 amide bonds. The summed E-state index contributed by atoms with van der Waals surface area (Å²) in [5, 5.41) is 14.9. The Bertz CT molecular complexity index is 785. The predicted molar refractivity (Wildman–Crippen MR) is 93.8 cm³/mol. The summed E-state index contributed by atoms with van der Waals surface area (Å²) in [7, 11) is 0. The summed E-state index contributed by atoms with van der Waals surface area (Å²) in [6.07, 6.45) is 0.960. The number of thiophene rings is 1. The number of nitrogens with one attached hydrogen (secondary N) is 1. The number of nitriles is 1. The Balaban J connectivity index is 1.61. The van der Waals surface area contributed by atoms with Crippen LogP contribution in [0, 0.1) is 11.3 Å². The number of nitrogens with zero attached hydrogens (tertiary/aromatic N) is 1. The smallest absolute Gasteiger partial charge is 0.221 e. The van der Waals surface area contributed by atoms with Crippen LogP contribution in [0.4, 0.5) is 0 Å². The van der Waals surface area contributed by atoms with Crippen LogP contribution in [0.25, 0.3) is 10.1 Å². The summed E-state index contributed by atoms with van der Waals surface area (Å²) in [6.45, 7) is 0. The second-order valence-corrected chi connectivity index (χ2v) is 7.63. The van der Waals surface area contributed by atoms with Gasteiger partial charge in [0.05, 0.1) is 6.07 Å². The van der Waals surface area contributed by atoms with Gasteiger partial charge in [0.25, 0.3) is 0 Å². The van der Waals surface area contributed by atoms with Gasteiger partial charge in [0, 0.05) is 39.6 Å². The number of carbonyl (C=O) groups is 2. The first-order chi connectivity index (χ1) is 11.1. The van der Waals surface area contributed by atoms with E-state index in [9.17, 15) is 14.9 Å². The van der Waals surface area contributed by atoms with E-state index in [1.54, 1.807) is 11.8 Å². The van der Waals surface area contributed by atoms with Crippen LogP contribution in [0.3, 0.4) is 0 Å². The van der Waals surface area contributed by atoms with Crippen LogP contribution in [0.5, 0.6) is 0 Å². The van der Waals surface area contributed by atoms with Crippen LogP contribution in [-0.2, 0) is 4.79 Å². The third-order valence-electron chi connectivity index (χ3n) is 3.97. The highest BCUT2D eigenvalue weighted by Crippen LogP contribution is 2.28. The summed E-state index contributed by atoms with van der Waals surface area (Å²) in [4.78, 5) is 24.4. The van der Waals surface area contributed by atoms with Crippen LogP contribution < -0.4 is 5.32 Å². The van der Waals surface area contributed by atoms with E-state index in [0.717, 1.165) is 15.8 Å². The van der Waals surface area contributed by atoms with E-state index in [1.807, 2.05) is 29.6 Å². The zero-order chi connectivity index (χ0) is 16.3. The number of rotatable bonds is 5. The molecule has 2 aromatic rings. The third-order valence-corrected chi connectivity index (χ3v) is 6.13. The van der Waals surface area contributed by atoms with Gasteiger partial charge in [-0.25, -0.2) is 0 Å². The number of thioether (sulfide) groups is 1. The van der Waals surface area contributed by atoms with Crippen molar-refractivity contribution < 1.29 is 9.59 Å². The molecular formula is C17H16N2O2S2. The maximum absolute atomic E-state index is 12.4. The lowest BCUT2D eigenvalue weighted by Gasteiger charge is -2.20.